The number of amides is 1. The van der Waals surface area contributed by atoms with Gasteiger partial charge in [0.2, 0.25) is 0 Å². The molecule has 0 saturated heterocycles. The quantitative estimate of drug-likeness (QED) is 0.441. The highest BCUT2D eigenvalue weighted by Crippen LogP contribution is 2.12. The van der Waals surface area contributed by atoms with Gasteiger partial charge in [0.1, 0.15) is 5.01 Å². The van der Waals surface area contributed by atoms with Gasteiger partial charge in [-0.1, -0.05) is 19.1 Å². The number of rotatable bonds is 9. The van der Waals surface area contributed by atoms with Crippen molar-refractivity contribution in [1.82, 2.24) is 25.8 Å². The van der Waals surface area contributed by atoms with Gasteiger partial charge in [-0.3, -0.25) is 9.79 Å². The number of nitrogens with one attached hydrogen (secondary N) is 3. The number of carbonyl (C=O) groups is 1. The lowest BCUT2D eigenvalue weighted by atomic mass is 10.1. The molecule has 1 heterocycles. The molecule has 3 N–H and O–H groups in total. The number of likely N-dealkylation sites (N-methyl/N-ethyl adjacent to an activating group) is 1. The number of aromatic nitrogens is 1. The van der Waals surface area contributed by atoms with E-state index in [4.69, 9.17) is 0 Å². The second-order valence-corrected chi connectivity index (χ2v) is 7.81. The third kappa shape index (κ3) is 7.28. The summed E-state index contributed by atoms with van der Waals surface area (Å²) in [5.41, 5.74) is 1.68. The monoisotopic (exact) mass is 402 g/mol. The molecule has 0 spiro atoms. The van der Waals surface area contributed by atoms with E-state index in [9.17, 15) is 4.79 Å². The fourth-order valence-electron chi connectivity index (χ4n) is 2.48. The normalized spacial score (nSPS) is 11.5. The zero-order chi connectivity index (χ0) is 20.4. The van der Waals surface area contributed by atoms with E-state index in [2.05, 4.69) is 32.9 Å². The van der Waals surface area contributed by atoms with Crippen LogP contribution >= 0.6 is 11.3 Å². The van der Waals surface area contributed by atoms with E-state index < -0.39 is 0 Å². The molecule has 28 heavy (non-hydrogen) atoms. The average Bonchev–Trinajstić information content (AvgIpc) is 3.16. The Hall–Kier alpha value is -2.45. The Balaban J connectivity index is 1.84. The highest BCUT2D eigenvalue weighted by Gasteiger charge is 2.07. The number of hydrogen-bond acceptors (Lipinski definition) is 5. The van der Waals surface area contributed by atoms with Crippen LogP contribution in [0.3, 0.4) is 0 Å². The predicted molar refractivity (Wildman–Crippen MR) is 116 cm³/mol. The van der Waals surface area contributed by atoms with Crippen molar-refractivity contribution in [2.45, 2.75) is 26.4 Å². The van der Waals surface area contributed by atoms with Crippen LogP contribution in [0.25, 0.3) is 0 Å². The van der Waals surface area contributed by atoms with Crippen LogP contribution in [-0.4, -0.2) is 56.0 Å². The Morgan fingerprint density at radius 3 is 2.68 bits per heavy atom. The van der Waals surface area contributed by atoms with Crippen LogP contribution in [0, 0.1) is 0 Å². The number of aryl methyl sites for hydroxylation is 1. The van der Waals surface area contributed by atoms with Crippen LogP contribution in [0.15, 0.2) is 35.5 Å². The number of aliphatic imine (C=N–C) groups is 1. The SMILES string of the molecule is CCc1cnc(CNC(=NC)NCc2cccc(C(=O)NCCN(C)C)c2)s1. The predicted octanol–water partition coefficient (Wildman–Crippen LogP) is 1.86. The van der Waals surface area contributed by atoms with E-state index in [1.807, 2.05) is 49.5 Å². The third-order valence-corrected chi connectivity index (χ3v) is 5.22. The Bertz CT molecular complexity index is 787. The van der Waals surface area contributed by atoms with E-state index in [1.54, 1.807) is 18.4 Å². The molecule has 0 aliphatic carbocycles. The van der Waals surface area contributed by atoms with Crippen LogP contribution in [0.1, 0.15) is 32.7 Å². The van der Waals surface area contributed by atoms with Crippen molar-refractivity contribution in [3.05, 3.63) is 51.5 Å². The lowest BCUT2D eigenvalue weighted by Crippen LogP contribution is -2.36. The molecule has 1 amide bonds. The number of hydrogen-bond donors (Lipinski definition) is 3. The average molecular weight is 403 g/mol. The van der Waals surface area contributed by atoms with Gasteiger partial charge in [-0.25, -0.2) is 4.98 Å². The topological polar surface area (TPSA) is 81.6 Å². The van der Waals surface area contributed by atoms with Gasteiger partial charge in [-0.15, -0.1) is 11.3 Å². The molecular weight excluding hydrogens is 372 g/mol. The van der Waals surface area contributed by atoms with Crippen molar-refractivity contribution in [3.8, 4) is 0 Å². The summed E-state index contributed by atoms with van der Waals surface area (Å²) in [7, 11) is 5.70. The van der Waals surface area contributed by atoms with Crippen molar-refractivity contribution in [1.29, 1.82) is 0 Å². The van der Waals surface area contributed by atoms with E-state index in [0.29, 0.717) is 31.2 Å². The lowest BCUT2D eigenvalue weighted by Gasteiger charge is -2.12. The number of thiazole rings is 1. The maximum Gasteiger partial charge on any atom is 0.251 e. The molecule has 0 unspecified atom stereocenters. The van der Waals surface area contributed by atoms with Crippen LogP contribution in [0.5, 0.6) is 0 Å². The Labute approximate surface area is 171 Å². The summed E-state index contributed by atoms with van der Waals surface area (Å²) in [4.78, 5) is 24.2. The van der Waals surface area contributed by atoms with Crippen molar-refractivity contribution in [2.75, 3.05) is 34.2 Å². The molecule has 0 radical (unpaired) electrons. The molecular formula is C20H30N6OS. The van der Waals surface area contributed by atoms with Gasteiger partial charge in [-0.2, -0.15) is 0 Å². The Morgan fingerprint density at radius 2 is 2.00 bits per heavy atom. The van der Waals surface area contributed by atoms with Crippen molar-refractivity contribution < 1.29 is 4.79 Å². The molecule has 1 aromatic carbocycles. The molecule has 8 heteroatoms. The molecule has 152 valence electrons. The van der Waals surface area contributed by atoms with Gasteiger partial charge in [-0.05, 0) is 38.2 Å². The first-order valence-corrected chi connectivity index (χ1v) is 10.2. The van der Waals surface area contributed by atoms with Gasteiger partial charge in [0, 0.05) is 43.3 Å². The third-order valence-electron chi connectivity index (χ3n) is 4.07. The van der Waals surface area contributed by atoms with E-state index in [1.165, 1.54) is 4.88 Å². The zero-order valence-corrected chi connectivity index (χ0v) is 17.9. The summed E-state index contributed by atoms with van der Waals surface area (Å²) in [5.74, 6) is 0.649. The minimum atomic E-state index is -0.0540. The first kappa shape index (κ1) is 21.8. The molecule has 0 aliphatic heterocycles. The van der Waals surface area contributed by atoms with Crippen LogP contribution < -0.4 is 16.0 Å². The van der Waals surface area contributed by atoms with E-state index in [0.717, 1.165) is 23.5 Å². The smallest absolute Gasteiger partial charge is 0.251 e. The van der Waals surface area contributed by atoms with Gasteiger partial charge >= 0.3 is 0 Å². The molecule has 1 aromatic heterocycles. The summed E-state index contributed by atoms with van der Waals surface area (Å²) < 4.78 is 0. The highest BCUT2D eigenvalue weighted by molar-refractivity contribution is 7.11. The van der Waals surface area contributed by atoms with Gasteiger partial charge in [0.15, 0.2) is 5.96 Å². The number of benzene rings is 1. The standard InChI is InChI=1S/C20H30N6OS/c1-5-17-13-23-18(28-17)14-25-20(21-2)24-12-15-7-6-8-16(11-15)19(27)22-9-10-26(3)4/h6-8,11,13H,5,9-10,12,14H2,1-4H3,(H,22,27)(H2,21,24,25). The lowest BCUT2D eigenvalue weighted by molar-refractivity contribution is 0.0951. The zero-order valence-electron chi connectivity index (χ0n) is 17.1. The van der Waals surface area contributed by atoms with Crippen molar-refractivity contribution in [2.24, 2.45) is 4.99 Å². The van der Waals surface area contributed by atoms with Gasteiger partial charge < -0.3 is 20.9 Å². The number of nitrogens with zero attached hydrogens (tertiary/aromatic N) is 3. The minimum Gasteiger partial charge on any atom is -0.352 e. The first-order chi connectivity index (χ1) is 13.5. The van der Waals surface area contributed by atoms with Crippen LogP contribution in [0.4, 0.5) is 0 Å². The summed E-state index contributed by atoms with van der Waals surface area (Å²) >= 11 is 1.71. The number of guanidine groups is 1. The fourth-order valence-corrected chi connectivity index (χ4v) is 3.28. The molecule has 2 rings (SSSR count). The largest absolute Gasteiger partial charge is 0.352 e. The summed E-state index contributed by atoms with van der Waals surface area (Å²) in [6, 6.07) is 7.62. The number of carbonyl (C=O) groups excluding carboxylic acids is 1. The molecule has 0 saturated carbocycles. The van der Waals surface area contributed by atoms with Crippen molar-refractivity contribution >= 4 is 23.2 Å². The van der Waals surface area contributed by atoms with Gasteiger partial charge in [0.25, 0.3) is 5.91 Å². The maximum atomic E-state index is 12.3. The fraction of sp³-hybridized carbons (Fsp3) is 0.450. The first-order valence-electron chi connectivity index (χ1n) is 9.41. The highest BCUT2D eigenvalue weighted by atomic mass is 32.1. The Morgan fingerprint density at radius 1 is 1.21 bits per heavy atom. The molecule has 0 aliphatic rings. The summed E-state index contributed by atoms with van der Waals surface area (Å²) in [6.45, 7) is 4.78. The molecule has 0 bridgehead atoms. The molecule has 0 atom stereocenters. The van der Waals surface area contributed by atoms with E-state index >= 15 is 0 Å². The minimum absolute atomic E-state index is 0.0540. The van der Waals surface area contributed by atoms with Crippen molar-refractivity contribution in [3.63, 3.8) is 0 Å². The summed E-state index contributed by atoms with van der Waals surface area (Å²) in [6.07, 6.45) is 2.93. The molecule has 0 fully saturated rings. The van der Waals surface area contributed by atoms with Crippen LogP contribution in [0.2, 0.25) is 0 Å². The molecule has 2 aromatic rings. The second-order valence-electron chi connectivity index (χ2n) is 6.61. The van der Waals surface area contributed by atoms with Gasteiger partial charge in [0.05, 0.1) is 6.54 Å². The maximum absolute atomic E-state index is 12.3. The van der Waals surface area contributed by atoms with E-state index in [-0.39, 0.29) is 5.91 Å². The Kier molecular flexibility index (Phi) is 8.90. The van der Waals surface area contributed by atoms with Crippen LogP contribution in [-0.2, 0) is 19.5 Å². The second kappa shape index (κ2) is 11.4. The summed E-state index contributed by atoms with van der Waals surface area (Å²) in [5, 5.41) is 10.5. The molecule has 7 nitrogen and oxygen atoms in total.